The largest absolute Gasteiger partial charge is 0.368 e. The normalized spacial score (nSPS) is 27.6. The van der Waals surface area contributed by atoms with Gasteiger partial charge in [0.05, 0.1) is 6.04 Å². The molecule has 5 N–H and O–H groups in total. The van der Waals surface area contributed by atoms with Crippen LogP contribution in [0.25, 0.3) is 0 Å². The predicted molar refractivity (Wildman–Crippen MR) is 65.8 cm³/mol. The van der Waals surface area contributed by atoms with Gasteiger partial charge in [-0.05, 0) is 31.6 Å². The van der Waals surface area contributed by atoms with Crippen LogP contribution in [-0.2, 0) is 4.79 Å². The molecule has 4 heteroatoms. The predicted octanol–water partition coefficient (Wildman–Crippen LogP) is 0.748. The van der Waals surface area contributed by atoms with Crippen LogP contribution in [0.3, 0.4) is 0 Å². The van der Waals surface area contributed by atoms with Crippen LogP contribution in [0.5, 0.6) is 0 Å². The van der Waals surface area contributed by atoms with Crippen molar-refractivity contribution in [1.82, 2.24) is 5.32 Å². The molecule has 1 atom stereocenters. The minimum Gasteiger partial charge on any atom is -0.368 e. The van der Waals surface area contributed by atoms with Crippen LogP contribution in [0.15, 0.2) is 0 Å². The molecule has 0 radical (unpaired) electrons. The second-order valence-corrected chi connectivity index (χ2v) is 4.92. The zero-order valence-corrected chi connectivity index (χ0v) is 10.2. The fourth-order valence-corrected chi connectivity index (χ4v) is 2.46. The third-order valence-corrected chi connectivity index (χ3v) is 3.54. The fraction of sp³-hybridized carbons (Fsp3) is 0.917. The average Bonchev–Trinajstić information content (AvgIpc) is 2.28. The highest BCUT2D eigenvalue weighted by Crippen LogP contribution is 2.27. The Morgan fingerprint density at radius 1 is 1.38 bits per heavy atom. The molecule has 1 saturated carbocycles. The van der Waals surface area contributed by atoms with Crippen LogP contribution < -0.4 is 16.8 Å². The molecule has 0 spiro atoms. The van der Waals surface area contributed by atoms with Crippen molar-refractivity contribution < 1.29 is 4.79 Å². The van der Waals surface area contributed by atoms with Crippen molar-refractivity contribution in [2.45, 2.75) is 57.5 Å². The zero-order chi connectivity index (χ0) is 12.0. The van der Waals surface area contributed by atoms with Crippen molar-refractivity contribution in [3.63, 3.8) is 0 Å². The third kappa shape index (κ3) is 4.49. The van der Waals surface area contributed by atoms with E-state index in [4.69, 9.17) is 11.5 Å². The number of hydrogen-bond acceptors (Lipinski definition) is 3. The quantitative estimate of drug-likeness (QED) is 0.626. The number of primary amides is 1. The number of amides is 1. The molecule has 16 heavy (non-hydrogen) atoms. The topological polar surface area (TPSA) is 81.1 Å². The number of rotatable bonds is 6. The summed E-state index contributed by atoms with van der Waals surface area (Å²) < 4.78 is 0. The minimum atomic E-state index is -0.548. The zero-order valence-electron chi connectivity index (χ0n) is 10.2. The summed E-state index contributed by atoms with van der Waals surface area (Å²) in [5.74, 6) is 0.486. The smallest absolute Gasteiger partial charge is 0.235 e. The minimum absolute atomic E-state index is 0.424. The molecular formula is C12H25N3O. The lowest BCUT2D eigenvalue weighted by atomic mass is 9.83. The van der Waals surface area contributed by atoms with Gasteiger partial charge >= 0.3 is 0 Å². The Morgan fingerprint density at radius 3 is 2.50 bits per heavy atom. The van der Waals surface area contributed by atoms with Gasteiger partial charge in [0.1, 0.15) is 0 Å². The third-order valence-electron chi connectivity index (χ3n) is 3.54. The summed E-state index contributed by atoms with van der Waals surface area (Å²) in [4.78, 5) is 10.8. The summed E-state index contributed by atoms with van der Waals surface area (Å²) in [6, 6.07) is -0.0214. The Hall–Kier alpha value is -0.610. The molecule has 1 amide bonds. The molecule has 0 heterocycles. The van der Waals surface area contributed by atoms with Crippen molar-refractivity contribution in [2.24, 2.45) is 17.4 Å². The lowest BCUT2D eigenvalue weighted by Gasteiger charge is -2.29. The summed E-state index contributed by atoms with van der Waals surface area (Å²) in [6.45, 7) is 2.76. The summed E-state index contributed by atoms with van der Waals surface area (Å²) in [7, 11) is 0. The maximum Gasteiger partial charge on any atom is 0.235 e. The molecule has 0 bridgehead atoms. The fourth-order valence-electron chi connectivity index (χ4n) is 2.46. The highest BCUT2D eigenvalue weighted by molar-refractivity contribution is 5.79. The Balaban J connectivity index is 2.14. The van der Waals surface area contributed by atoms with E-state index in [1.165, 1.54) is 38.5 Å². The van der Waals surface area contributed by atoms with Gasteiger partial charge in [-0.2, -0.15) is 0 Å². The van der Waals surface area contributed by atoms with Gasteiger partial charge in [0.25, 0.3) is 0 Å². The van der Waals surface area contributed by atoms with E-state index >= 15 is 0 Å². The molecular weight excluding hydrogens is 202 g/mol. The molecule has 0 aromatic rings. The highest BCUT2D eigenvalue weighted by atomic mass is 16.1. The Morgan fingerprint density at radius 2 is 2.00 bits per heavy atom. The molecule has 0 saturated heterocycles. The lowest BCUT2D eigenvalue weighted by molar-refractivity contribution is -0.119. The molecule has 1 rings (SSSR count). The SMILES string of the molecule is CCCC1CCC(NCC(N)C(N)=O)CC1. The van der Waals surface area contributed by atoms with Gasteiger partial charge < -0.3 is 16.8 Å². The second-order valence-electron chi connectivity index (χ2n) is 4.92. The van der Waals surface area contributed by atoms with Gasteiger partial charge in [-0.3, -0.25) is 4.79 Å². The summed E-state index contributed by atoms with van der Waals surface area (Å²) in [5.41, 5.74) is 10.7. The molecule has 1 fully saturated rings. The maximum atomic E-state index is 10.8. The van der Waals surface area contributed by atoms with Crippen LogP contribution in [0.4, 0.5) is 0 Å². The number of nitrogens with one attached hydrogen (secondary N) is 1. The summed E-state index contributed by atoms with van der Waals surface area (Å²) in [5, 5.41) is 3.34. The van der Waals surface area contributed by atoms with Crippen molar-refractivity contribution in [3.05, 3.63) is 0 Å². The first-order chi connectivity index (χ1) is 7.63. The monoisotopic (exact) mass is 227 g/mol. The van der Waals surface area contributed by atoms with Crippen LogP contribution in [0.2, 0.25) is 0 Å². The second kappa shape index (κ2) is 6.86. The first-order valence-electron chi connectivity index (χ1n) is 6.41. The van der Waals surface area contributed by atoms with Gasteiger partial charge in [0, 0.05) is 12.6 Å². The van der Waals surface area contributed by atoms with E-state index in [0.29, 0.717) is 12.6 Å². The Kier molecular flexibility index (Phi) is 5.77. The summed E-state index contributed by atoms with van der Waals surface area (Å²) in [6.07, 6.45) is 7.66. The Labute approximate surface area is 98.1 Å². The van der Waals surface area contributed by atoms with Crippen LogP contribution in [0.1, 0.15) is 45.4 Å². The van der Waals surface area contributed by atoms with Crippen molar-refractivity contribution in [3.8, 4) is 0 Å². The molecule has 0 aliphatic heterocycles. The van der Waals surface area contributed by atoms with Crippen LogP contribution >= 0.6 is 0 Å². The van der Waals surface area contributed by atoms with Crippen molar-refractivity contribution >= 4 is 5.91 Å². The lowest BCUT2D eigenvalue weighted by Crippen LogP contribution is -2.47. The molecule has 1 unspecified atom stereocenters. The molecule has 4 nitrogen and oxygen atoms in total. The van der Waals surface area contributed by atoms with E-state index < -0.39 is 11.9 Å². The van der Waals surface area contributed by atoms with E-state index in [0.717, 1.165) is 5.92 Å². The number of nitrogens with two attached hydrogens (primary N) is 2. The molecule has 1 aliphatic carbocycles. The highest BCUT2D eigenvalue weighted by Gasteiger charge is 2.21. The van der Waals surface area contributed by atoms with Gasteiger partial charge in [-0.25, -0.2) is 0 Å². The Bertz CT molecular complexity index is 212. The van der Waals surface area contributed by atoms with Gasteiger partial charge in [-0.15, -0.1) is 0 Å². The number of hydrogen-bond donors (Lipinski definition) is 3. The summed E-state index contributed by atoms with van der Waals surface area (Å²) >= 11 is 0. The van der Waals surface area contributed by atoms with Crippen LogP contribution in [0, 0.1) is 5.92 Å². The van der Waals surface area contributed by atoms with Gasteiger partial charge in [0.15, 0.2) is 0 Å². The first-order valence-corrected chi connectivity index (χ1v) is 6.41. The maximum absolute atomic E-state index is 10.8. The standard InChI is InChI=1S/C12H25N3O/c1-2-3-9-4-6-10(7-5-9)15-8-11(13)12(14)16/h9-11,15H,2-8,13H2,1H3,(H2,14,16). The average molecular weight is 227 g/mol. The first kappa shape index (κ1) is 13.5. The van der Waals surface area contributed by atoms with Gasteiger partial charge in [0.2, 0.25) is 5.91 Å². The van der Waals surface area contributed by atoms with Crippen LogP contribution in [-0.4, -0.2) is 24.5 Å². The molecule has 0 aromatic heterocycles. The van der Waals surface area contributed by atoms with Crippen molar-refractivity contribution in [2.75, 3.05) is 6.54 Å². The molecule has 94 valence electrons. The van der Waals surface area contributed by atoms with E-state index in [-0.39, 0.29) is 0 Å². The van der Waals surface area contributed by atoms with Gasteiger partial charge in [-0.1, -0.05) is 19.8 Å². The van der Waals surface area contributed by atoms with E-state index in [9.17, 15) is 4.79 Å². The van der Waals surface area contributed by atoms with E-state index in [2.05, 4.69) is 12.2 Å². The van der Waals surface area contributed by atoms with E-state index in [1.807, 2.05) is 0 Å². The molecule has 0 aromatic carbocycles. The van der Waals surface area contributed by atoms with Crippen molar-refractivity contribution in [1.29, 1.82) is 0 Å². The molecule has 1 aliphatic rings. The number of carbonyl (C=O) groups excluding carboxylic acids is 1. The van der Waals surface area contributed by atoms with E-state index in [1.54, 1.807) is 0 Å². The number of carbonyl (C=O) groups is 1.